The molecule has 7 heteroatoms. The molecule has 0 atom stereocenters. The van der Waals surface area contributed by atoms with Gasteiger partial charge in [0.2, 0.25) is 0 Å². The molecule has 3 aromatic heterocycles. The van der Waals surface area contributed by atoms with Gasteiger partial charge in [-0.2, -0.15) is 5.10 Å². The first-order valence-electron chi connectivity index (χ1n) is 6.59. The predicted octanol–water partition coefficient (Wildman–Crippen LogP) is 1.30. The van der Waals surface area contributed by atoms with Gasteiger partial charge in [-0.05, 0) is 29.8 Å². The van der Waals surface area contributed by atoms with Crippen molar-refractivity contribution in [1.82, 2.24) is 25.1 Å². The van der Waals surface area contributed by atoms with Crippen molar-refractivity contribution in [3.63, 3.8) is 0 Å². The van der Waals surface area contributed by atoms with E-state index in [4.69, 9.17) is 0 Å². The number of aromatic nitrogens is 4. The fraction of sp³-hybridized carbons (Fsp3) is 0.0667. The van der Waals surface area contributed by atoms with E-state index in [0.717, 1.165) is 5.56 Å². The molecule has 0 aromatic carbocycles. The molecule has 1 amide bonds. The first-order valence-corrected chi connectivity index (χ1v) is 6.59. The zero-order valence-electron chi connectivity index (χ0n) is 11.5. The van der Waals surface area contributed by atoms with Crippen LogP contribution in [0.1, 0.15) is 15.9 Å². The van der Waals surface area contributed by atoms with Crippen molar-refractivity contribution in [2.75, 3.05) is 0 Å². The monoisotopic (exact) mass is 295 g/mol. The second kappa shape index (κ2) is 6.04. The van der Waals surface area contributed by atoms with Gasteiger partial charge in [0.05, 0.1) is 11.8 Å². The second-order valence-corrected chi connectivity index (χ2v) is 4.59. The summed E-state index contributed by atoms with van der Waals surface area (Å²) in [6.45, 7) is 0.339. The third-order valence-electron chi connectivity index (χ3n) is 2.99. The summed E-state index contributed by atoms with van der Waals surface area (Å²) >= 11 is 0. The van der Waals surface area contributed by atoms with Gasteiger partial charge in [0, 0.05) is 31.3 Å². The fourth-order valence-corrected chi connectivity index (χ4v) is 1.94. The third-order valence-corrected chi connectivity index (χ3v) is 2.99. The molecule has 0 saturated heterocycles. The number of carbonyl (C=O) groups excluding carboxylic acids is 1. The highest BCUT2D eigenvalue weighted by Gasteiger charge is 2.07. The molecule has 2 N–H and O–H groups in total. The van der Waals surface area contributed by atoms with Crippen LogP contribution in [0.15, 0.2) is 55.2 Å². The van der Waals surface area contributed by atoms with Gasteiger partial charge >= 0.3 is 0 Å². The average Bonchev–Trinajstić information content (AvgIpc) is 3.07. The summed E-state index contributed by atoms with van der Waals surface area (Å²) in [7, 11) is 0. The molecule has 3 aromatic rings. The van der Waals surface area contributed by atoms with Crippen molar-refractivity contribution in [3.8, 4) is 11.6 Å². The molecule has 0 unspecified atom stereocenters. The van der Waals surface area contributed by atoms with Gasteiger partial charge in [0.25, 0.3) is 5.91 Å². The van der Waals surface area contributed by atoms with E-state index in [1.54, 1.807) is 23.3 Å². The number of pyridine rings is 2. The Morgan fingerprint density at radius 2 is 2.18 bits per heavy atom. The molecule has 0 spiro atoms. The Kier molecular flexibility index (Phi) is 3.78. The first kappa shape index (κ1) is 13.7. The summed E-state index contributed by atoms with van der Waals surface area (Å²) in [6, 6.07) is 6.83. The van der Waals surface area contributed by atoms with Crippen LogP contribution >= 0.6 is 0 Å². The van der Waals surface area contributed by atoms with Crippen molar-refractivity contribution < 1.29 is 9.90 Å². The molecule has 7 nitrogen and oxygen atoms in total. The maximum absolute atomic E-state index is 12.0. The Labute approximate surface area is 126 Å². The second-order valence-electron chi connectivity index (χ2n) is 4.59. The highest BCUT2D eigenvalue weighted by molar-refractivity contribution is 5.94. The van der Waals surface area contributed by atoms with Crippen LogP contribution in [0.3, 0.4) is 0 Å². The molecule has 22 heavy (non-hydrogen) atoms. The number of nitrogens with one attached hydrogen (secondary N) is 1. The third kappa shape index (κ3) is 3.09. The Morgan fingerprint density at radius 1 is 1.27 bits per heavy atom. The lowest BCUT2D eigenvalue weighted by molar-refractivity contribution is 0.0950. The Hall–Kier alpha value is -3.22. The lowest BCUT2D eigenvalue weighted by Gasteiger charge is -2.07. The normalized spacial score (nSPS) is 10.4. The molecule has 0 aliphatic heterocycles. The number of nitrogens with zero attached hydrogens (tertiary/aromatic N) is 4. The minimum absolute atomic E-state index is 0.0440. The van der Waals surface area contributed by atoms with Crippen molar-refractivity contribution in [2.24, 2.45) is 0 Å². The average molecular weight is 295 g/mol. The summed E-state index contributed by atoms with van der Waals surface area (Å²) in [5.74, 6) is 0.328. The van der Waals surface area contributed by atoms with Crippen LogP contribution < -0.4 is 5.32 Å². The maximum Gasteiger partial charge on any atom is 0.253 e. The van der Waals surface area contributed by atoms with Crippen molar-refractivity contribution >= 4 is 5.91 Å². The highest BCUT2D eigenvalue weighted by atomic mass is 16.3. The standard InChI is InChI=1S/C15H13N5O2/c21-13-7-12(9-16-10-13)15(22)18-8-11-2-4-17-14(6-11)20-5-1-3-19-20/h1-7,9-10,21H,8H2,(H,18,22). The van der Waals surface area contributed by atoms with Gasteiger partial charge in [-0.3, -0.25) is 9.78 Å². The summed E-state index contributed by atoms with van der Waals surface area (Å²) in [5, 5.41) is 16.2. The topological polar surface area (TPSA) is 92.9 Å². The van der Waals surface area contributed by atoms with Crippen LogP contribution in [-0.2, 0) is 6.54 Å². The van der Waals surface area contributed by atoms with Gasteiger partial charge in [0.15, 0.2) is 5.82 Å². The maximum atomic E-state index is 12.0. The molecular weight excluding hydrogens is 282 g/mol. The van der Waals surface area contributed by atoms with Crippen LogP contribution in [0.5, 0.6) is 5.75 Å². The molecule has 0 aliphatic carbocycles. The van der Waals surface area contributed by atoms with Crippen molar-refractivity contribution in [1.29, 1.82) is 0 Å². The number of carbonyl (C=O) groups is 1. The number of hydrogen-bond donors (Lipinski definition) is 2. The van der Waals surface area contributed by atoms with Crippen LogP contribution in [0, 0.1) is 0 Å². The quantitative estimate of drug-likeness (QED) is 0.756. The van der Waals surface area contributed by atoms with Crippen LogP contribution in [-0.4, -0.2) is 30.8 Å². The van der Waals surface area contributed by atoms with Gasteiger partial charge in [-0.15, -0.1) is 0 Å². The van der Waals surface area contributed by atoms with E-state index in [-0.39, 0.29) is 11.7 Å². The van der Waals surface area contributed by atoms with E-state index in [9.17, 15) is 9.90 Å². The zero-order chi connectivity index (χ0) is 15.4. The largest absolute Gasteiger partial charge is 0.506 e. The van der Waals surface area contributed by atoms with Crippen LogP contribution in [0.4, 0.5) is 0 Å². The first-order chi connectivity index (χ1) is 10.7. The van der Waals surface area contributed by atoms with Crippen molar-refractivity contribution in [2.45, 2.75) is 6.54 Å². The molecule has 0 saturated carbocycles. The molecule has 0 bridgehead atoms. The van der Waals surface area contributed by atoms with E-state index in [1.807, 2.05) is 18.2 Å². The molecular formula is C15H13N5O2. The van der Waals surface area contributed by atoms with E-state index in [0.29, 0.717) is 17.9 Å². The highest BCUT2D eigenvalue weighted by Crippen LogP contribution is 2.09. The molecule has 0 aliphatic rings. The Morgan fingerprint density at radius 3 is 2.95 bits per heavy atom. The number of aromatic hydroxyl groups is 1. The minimum atomic E-state index is -0.305. The summed E-state index contributed by atoms with van der Waals surface area (Å²) < 4.78 is 1.64. The number of amides is 1. The lowest BCUT2D eigenvalue weighted by atomic mass is 10.2. The minimum Gasteiger partial charge on any atom is -0.506 e. The number of hydrogen-bond acceptors (Lipinski definition) is 5. The van der Waals surface area contributed by atoms with E-state index in [2.05, 4.69) is 20.4 Å². The van der Waals surface area contributed by atoms with Gasteiger partial charge in [-0.25, -0.2) is 9.67 Å². The SMILES string of the molecule is O=C(NCc1ccnc(-n2cccn2)c1)c1cncc(O)c1. The molecule has 110 valence electrons. The molecule has 3 rings (SSSR count). The van der Waals surface area contributed by atoms with Crippen LogP contribution in [0.2, 0.25) is 0 Å². The molecule has 3 heterocycles. The van der Waals surface area contributed by atoms with Gasteiger partial charge < -0.3 is 10.4 Å². The van der Waals surface area contributed by atoms with Crippen molar-refractivity contribution in [3.05, 3.63) is 66.4 Å². The van der Waals surface area contributed by atoms with E-state index < -0.39 is 0 Å². The summed E-state index contributed by atoms with van der Waals surface area (Å²) in [4.78, 5) is 20.0. The number of rotatable bonds is 4. The van der Waals surface area contributed by atoms with E-state index in [1.165, 1.54) is 18.5 Å². The van der Waals surface area contributed by atoms with Gasteiger partial charge in [0.1, 0.15) is 5.75 Å². The Bertz CT molecular complexity index is 786. The summed E-state index contributed by atoms with van der Waals surface area (Å²) in [6.07, 6.45) is 7.80. The lowest BCUT2D eigenvalue weighted by Crippen LogP contribution is -2.23. The Balaban J connectivity index is 1.69. The summed E-state index contributed by atoms with van der Waals surface area (Å²) in [5.41, 5.74) is 1.20. The molecule has 0 radical (unpaired) electrons. The molecule has 0 fully saturated rings. The van der Waals surface area contributed by atoms with Crippen LogP contribution in [0.25, 0.3) is 5.82 Å². The zero-order valence-corrected chi connectivity index (χ0v) is 11.5. The predicted molar refractivity (Wildman–Crippen MR) is 78.4 cm³/mol. The fourth-order valence-electron chi connectivity index (χ4n) is 1.94. The smallest absolute Gasteiger partial charge is 0.253 e. The van der Waals surface area contributed by atoms with Gasteiger partial charge in [-0.1, -0.05) is 0 Å². The van der Waals surface area contributed by atoms with E-state index >= 15 is 0 Å².